The minimum atomic E-state index is -2.87. The van der Waals surface area contributed by atoms with Gasteiger partial charge in [-0.05, 0) is 38.3 Å². The number of nitrogens with zero attached hydrogens (tertiary/aromatic N) is 1. The first-order chi connectivity index (χ1) is 6.68. The molecule has 0 amide bonds. The predicted octanol–water partition coefficient (Wildman–Crippen LogP) is 0.0215. The Hall–Kier alpha value is -0.130. The number of rotatable bonds is 2. The fourth-order valence-electron chi connectivity index (χ4n) is 2.25. The van der Waals surface area contributed by atoms with Crippen molar-refractivity contribution in [3.8, 4) is 0 Å². The Morgan fingerprint density at radius 2 is 2.00 bits per heavy atom. The number of hydrogen-bond donors (Lipinski definition) is 1. The van der Waals surface area contributed by atoms with E-state index < -0.39 is 10.0 Å². The van der Waals surface area contributed by atoms with Crippen LogP contribution in [0.1, 0.15) is 19.3 Å². The molecule has 0 saturated carbocycles. The quantitative estimate of drug-likeness (QED) is 0.711. The second-order valence-electron chi connectivity index (χ2n) is 4.22. The Kier molecular flexibility index (Phi) is 3.09. The summed E-state index contributed by atoms with van der Waals surface area (Å²) in [5.41, 5.74) is 0. The molecular weight excluding hydrogens is 200 g/mol. The molecule has 0 spiro atoms. The molecule has 0 atom stereocenters. The van der Waals surface area contributed by atoms with Crippen molar-refractivity contribution in [2.75, 3.05) is 31.9 Å². The maximum absolute atomic E-state index is 11.5. The zero-order valence-corrected chi connectivity index (χ0v) is 9.22. The molecule has 2 aliphatic heterocycles. The monoisotopic (exact) mass is 218 g/mol. The maximum Gasteiger partial charge on any atom is 0.214 e. The van der Waals surface area contributed by atoms with Gasteiger partial charge in [-0.1, -0.05) is 0 Å². The van der Waals surface area contributed by atoms with Crippen molar-refractivity contribution >= 4 is 10.0 Å². The topological polar surface area (TPSA) is 49.4 Å². The van der Waals surface area contributed by atoms with E-state index in [4.69, 9.17) is 0 Å². The van der Waals surface area contributed by atoms with Gasteiger partial charge in [0.2, 0.25) is 10.0 Å². The summed E-state index contributed by atoms with van der Waals surface area (Å²) in [6.45, 7) is 3.58. The van der Waals surface area contributed by atoms with E-state index >= 15 is 0 Å². The SMILES string of the molecule is O=S1(=O)CCCN1CC1CCNCC1. The molecular formula is C9H18N2O2S. The largest absolute Gasteiger partial charge is 0.317 e. The third-order valence-electron chi connectivity index (χ3n) is 3.12. The number of hydrogen-bond acceptors (Lipinski definition) is 3. The van der Waals surface area contributed by atoms with Crippen LogP contribution in [0.15, 0.2) is 0 Å². The van der Waals surface area contributed by atoms with Crippen LogP contribution in [0.5, 0.6) is 0 Å². The van der Waals surface area contributed by atoms with Gasteiger partial charge in [-0.15, -0.1) is 0 Å². The molecule has 2 fully saturated rings. The summed E-state index contributed by atoms with van der Waals surface area (Å²) in [6.07, 6.45) is 3.05. The summed E-state index contributed by atoms with van der Waals surface area (Å²) < 4.78 is 24.8. The molecule has 0 bridgehead atoms. The average Bonchev–Trinajstić information content (AvgIpc) is 2.48. The lowest BCUT2D eigenvalue weighted by Crippen LogP contribution is -2.36. The van der Waals surface area contributed by atoms with Crippen molar-refractivity contribution in [3.63, 3.8) is 0 Å². The van der Waals surface area contributed by atoms with E-state index in [2.05, 4.69) is 5.32 Å². The van der Waals surface area contributed by atoms with Gasteiger partial charge in [-0.25, -0.2) is 12.7 Å². The van der Waals surface area contributed by atoms with Gasteiger partial charge in [0.25, 0.3) is 0 Å². The molecule has 2 rings (SSSR count). The molecule has 5 heteroatoms. The fraction of sp³-hybridized carbons (Fsp3) is 1.00. The van der Waals surface area contributed by atoms with Crippen LogP contribution in [0, 0.1) is 5.92 Å². The van der Waals surface area contributed by atoms with Crippen molar-refractivity contribution in [3.05, 3.63) is 0 Å². The Morgan fingerprint density at radius 1 is 1.29 bits per heavy atom. The van der Waals surface area contributed by atoms with Crippen LogP contribution in [0.3, 0.4) is 0 Å². The second kappa shape index (κ2) is 4.16. The Bertz CT molecular complexity index is 283. The van der Waals surface area contributed by atoms with E-state index in [0.29, 0.717) is 11.7 Å². The van der Waals surface area contributed by atoms with Gasteiger partial charge in [0.05, 0.1) is 5.75 Å². The van der Waals surface area contributed by atoms with E-state index in [1.54, 1.807) is 4.31 Å². The minimum Gasteiger partial charge on any atom is -0.317 e. The van der Waals surface area contributed by atoms with Gasteiger partial charge in [-0.3, -0.25) is 0 Å². The number of nitrogens with one attached hydrogen (secondary N) is 1. The first-order valence-corrected chi connectivity index (χ1v) is 6.98. The van der Waals surface area contributed by atoms with Crippen molar-refractivity contribution in [2.24, 2.45) is 5.92 Å². The molecule has 0 radical (unpaired) electrons. The normalized spacial score (nSPS) is 29.4. The predicted molar refractivity (Wildman–Crippen MR) is 55.6 cm³/mol. The van der Waals surface area contributed by atoms with E-state index in [1.165, 1.54) is 0 Å². The number of piperidine rings is 1. The molecule has 0 aliphatic carbocycles. The van der Waals surface area contributed by atoms with Crippen molar-refractivity contribution in [2.45, 2.75) is 19.3 Å². The van der Waals surface area contributed by atoms with Gasteiger partial charge < -0.3 is 5.32 Å². The highest BCUT2D eigenvalue weighted by Crippen LogP contribution is 2.19. The molecule has 14 heavy (non-hydrogen) atoms. The maximum atomic E-state index is 11.5. The highest BCUT2D eigenvalue weighted by Gasteiger charge is 2.30. The van der Waals surface area contributed by atoms with Crippen LogP contribution in [0.25, 0.3) is 0 Å². The number of sulfonamides is 1. The van der Waals surface area contributed by atoms with Crippen LogP contribution in [0.4, 0.5) is 0 Å². The molecule has 0 unspecified atom stereocenters. The Balaban J connectivity index is 1.90. The molecule has 0 aromatic heterocycles. The van der Waals surface area contributed by atoms with E-state index in [0.717, 1.165) is 45.4 Å². The molecule has 0 aromatic carbocycles. The lowest BCUT2D eigenvalue weighted by Gasteiger charge is -2.26. The van der Waals surface area contributed by atoms with Crippen molar-refractivity contribution < 1.29 is 8.42 Å². The van der Waals surface area contributed by atoms with Crippen LogP contribution in [-0.2, 0) is 10.0 Å². The first-order valence-electron chi connectivity index (χ1n) is 5.37. The summed E-state index contributed by atoms with van der Waals surface area (Å²) in [4.78, 5) is 0. The Morgan fingerprint density at radius 3 is 2.57 bits per heavy atom. The smallest absolute Gasteiger partial charge is 0.214 e. The zero-order valence-electron chi connectivity index (χ0n) is 8.41. The first kappa shape index (κ1) is 10.4. The van der Waals surface area contributed by atoms with Crippen LogP contribution < -0.4 is 5.32 Å². The van der Waals surface area contributed by atoms with Crippen LogP contribution >= 0.6 is 0 Å². The summed E-state index contributed by atoms with van der Waals surface area (Å²) in [5, 5.41) is 3.29. The molecule has 1 N–H and O–H groups in total. The Labute approximate surface area is 85.7 Å². The van der Waals surface area contributed by atoms with Gasteiger partial charge in [0.15, 0.2) is 0 Å². The third kappa shape index (κ3) is 2.27. The van der Waals surface area contributed by atoms with E-state index in [-0.39, 0.29) is 0 Å². The standard InChI is InChI=1S/C9H18N2O2S/c12-14(13)7-1-6-11(14)8-9-2-4-10-5-3-9/h9-10H,1-8H2. The lowest BCUT2D eigenvalue weighted by atomic mass is 9.98. The minimum absolute atomic E-state index is 0.359. The van der Waals surface area contributed by atoms with Crippen molar-refractivity contribution in [1.29, 1.82) is 0 Å². The fourth-order valence-corrected chi connectivity index (χ4v) is 3.85. The summed E-state index contributed by atoms with van der Waals surface area (Å²) in [5.74, 6) is 0.932. The summed E-state index contributed by atoms with van der Waals surface area (Å²) in [7, 11) is -2.87. The molecule has 2 heterocycles. The van der Waals surface area contributed by atoms with Gasteiger partial charge in [-0.2, -0.15) is 0 Å². The molecule has 82 valence electrons. The summed E-state index contributed by atoms with van der Waals surface area (Å²) in [6, 6.07) is 0. The highest BCUT2D eigenvalue weighted by molar-refractivity contribution is 7.89. The van der Waals surface area contributed by atoms with E-state index in [1.807, 2.05) is 0 Å². The molecule has 0 aromatic rings. The zero-order chi connectivity index (χ0) is 10.0. The van der Waals surface area contributed by atoms with Crippen LogP contribution in [-0.4, -0.2) is 44.7 Å². The molecule has 4 nitrogen and oxygen atoms in total. The van der Waals surface area contributed by atoms with E-state index in [9.17, 15) is 8.42 Å². The third-order valence-corrected chi connectivity index (χ3v) is 5.05. The average molecular weight is 218 g/mol. The van der Waals surface area contributed by atoms with Gasteiger partial charge in [0, 0.05) is 13.1 Å². The molecule has 2 aliphatic rings. The van der Waals surface area contributed by atoms with Gasteiger partial charge >= 0.3 is 0 Å². The molecule has 2 saturated heterocycles. The van der Waals surface area contributed by atoms with Crippen molar-refractivity contribution in [1.82, 2.24) is 9.62 Å². The second-order valence-corrected chi connectivity index (χ2v) is 6.31. The van der Waals surface area contributed by atoms with Gasteiger partial charge in [0.1, 0.15) is 0 Å². The highest BCUT2D eigenvalue weighted by atomic mass is 32.2. The summed E-state index contributed by atoms with van der Waals surface area (Å²) >= 11 is 0. The van der Waals surface area contributed by atoms with Crippen LogP contribution in [0.2, 0.25) is 0 Å². The lowest BCUT2D eigenvalue weighted by molar-refractivity contribution is 0.299.